The fourth-order valence-corrected chi connectivity index (χ4v) is 2.82. The van der Waals surface area contributed by atoms with Gasteiger partial charge in [-0.25, -0.2) is 0 Å². The third-order valence-corrected chi connectivity index (χ3v) is 4.23. The van der Waals surface area contributed by atoms with Gasteiger partial charge in [0.2, 0.25) is 18.1 Å². The van der Waals surface area contributed by atoms with Gasteiger partial charge in [-0.3, -0.25) is 4.79 Å². The van der Waals surface area contributed by atoms with Crippen molar-refractivity contribution in [3.63, 3.8) is 0 Å². The summed E-state index contributed by atoms with van der Waals surface area (Å²) in [5.41, 5.74) is 0.710. The van der Waals surface area contributed by atoms with Crippen LogP contribution in [0.1, 0.15) is 0 Å². The Morgan fingerprint density at radius 2 is 1.70 bits per heavy atom. The molecule has 0 bridgehead atoms. The lowest BCUT2D eigenvalue weighted by atomic mass is 10.2. The van der Waals surface area contributed by atoms with Gasteiger partial charge in [0, 0.05) is 44.0 Å². The molecule has 27 heavy (non-hydrogen) atoms. The van der Waals surface area contributed by atoms with Crippen LogP contribution in [0.4, 0.5) is 17.5 Å². The lowest BCUT2D eigenvalue weighted by Crippen LogP contribution is -2.46. The van der Waals surface area contributed by atoms with Crippen LogP contribution in [-0.4, -0.2) is 74.0 Å². The number of anilines is 3. The number of aromatic nitrogens is 3. The number of hydrogen-bond acceptors (Lipinski definition) is 9. The summed E-state index contributed by atoms with van der Waals surface area (Å²) in [7, 11) is 4.67. The molecule has 1 aromatic heterocycles. The minimum absolute atomic E-state index is 0.512. The first-order chi connectivity index (χ1) is 13.2. The molecule has 0 unspecified atom stereocenters. The first-order valence-corrected chi connectivity index (χ1v) is 8.39. The number of carbonyl (C=O) groups excluding carboxylic acids is 1. The predicted molar refractivity (Wildman–Crippen MR) is 99.1 cm³/mol. The van der Waals surface area contributed by atoms with Gasteiger partial charge in [-0.2, -0.15) is 10.1 Å². The molecule has 0 saturated carbocycles. The number of carbonyl (C=O) groups is 1. The Balaban J connectivity index is 1.79. The number of methoxy groups -OCH3 is 3. The number of benzene rings is 1. The van der Waals surface area contributed by atoms with Gasteiger partial charge in [0.1, 0.15) is 0 Å². The number of piperazine rings is 1. The van der Waals surface area contributed by atoms with Crippen molar-refractivity contribution >= 4 is 23.9 Å². The summed E-state index contributed by atoms with van der Waals surface area (Å²) < 4.78 is 16.1. The first kappa shape index (κ1) is 18.5. The molecule has 2 aromatic rings. The lowest BCUT2D eigenvalue weighted by molar-refractivity contribution is -0.118. The summed E-state index contributed by atoms with van der Waals surface area (Å²) in [4.78, 5) is 19.1. The van der Waals surface area contributed by atoms with Gasteiger partial charge in [-0.1, -0.05) is 0 Å². The summed E-state index contributed by atoms with van der Waals surface area (Å²) >= 11 is 0. The van der Waals surface area contributed by atoms with Crippen molar-refractivity contribution < 1.29 is 19.0 Å². The molecule has 10 heteroatoms. The molecule has 10 nitrogen and oxygen atoms in total. The Hall–Kier alpha value is -3.30. The molecule has 1 aliphatic heterocycles. The maximum Gasteiger partial charge on any atom is 0.247 e. The molecule has 1 fully saturated rings. The van der Waals surface area contributed by atoms with Gasteiger partial charge in [0.15, 0.2) is 17.3 Å². The molecular formula is C17H22N6O4. The molecule has 0 atom stereocenters. The predicted octanol–water partition coefficient (Wildman–Crippen LogP) is 0.919. The Kier molecular flexibility index (Phi) is 5.74. The molecule has 0 spiro atoms. The van der Waals surface area contributed by atoms with E-state index < -0.39 is 0 Å². The molecule has 144 valence electrons. The minimum Gasteiger partial charge on any atom is -0.493 e. The van der Waals surface area contributed by atoms with Crippen LogP contribution in [0.15, 0.2) is 18.3 Å². The van der Waals surface area contributed by atoms with Crippen LogP contribution >= 0.6 is 0 Å². The summed E-state index contributed by atoms with van der Waals surface area (Å²) in [5.74, 6) is 2.63. The minimum atomic E-state index is 0.512. The van der Waals surface area contributed by atoms with Crippen LogP contribution in [0.5, 0.6) is 17.2 Å². The highest BCUT2D eigenvalue weighted by Gasteiger charge is 2.19. The summed E-state index contributed by atoms with van der Waals surface area (Å²) in [5, 5.41) is 11.3. The standard InChI is InChI=1S/C17H22N6O4/c1-25-13-8-12(9-14(26-2)16(13)27-3)19-15-10-18-21-17(20-15)23-6-4-22(11-24)5-7-23/h8-11H,4-7H2,1-3H3,(H,19,20,21). The van der Waals surface area contributed by atoms with E-state index in [0.29, 0.717) is 60.9 Å². The van der Waals surface area contributed by atoms with Crippen molar-refractivity contribution in [2.24, 2.45) is 0 Å². The van der Waals surface area contributed by atoms with Crippen molar-refractivity contribution in [1.29, 1.82) is 0 Å². The Morgan fingerprint density at radius 3 is 2.26 bits per heavy atom. The molecule has 1 aromatic carbocycles. The van der Waals surface area contributed by atoms with Crippen LogP contribution < -0.4 is 24.4 Å². The van der Waals surface area contributed by atoms with E-state index in [2.05, 4.69) is 20.5 Å². The van der Waals surface area contributed by atoms with E-state index in [9.17, 15) is 4.79 Å². The number of ether oxygens (including phenoxy) is 3. The van der Waals surface area contributed by atoms with Gasteiger partial charge < -0.3 is 29.3 Å². The average Bonchev–Trinajstić information content (AvgIpc) is 2.73. The molecule has 0 radical (unpaired) electrons. The van der Waals surface area contributed by atoms with Crippen molar-refractivity contribution in [2.45, 2.75) is 0 Å². The number of hydrogen-bond donors (Lipinski definition) is 1. The van der Waals surface area contributed by atoms with Crippen LogP contribution in [0.3, 0.4) is 0 Å². The number of nitrogens with one attached hydrogen (secondary N) is 1. The molecule has 3 rings (SSSR count). The Bertz CT molecular complexity index is 770. The normalized spacial score (nSPS) is 13.9. The van der Waals surface area contributed by atoms with Crippen molar-refractivity contribution in [1.82, 2.24) is 20.1 Å². The largest absolute Gasteiger partial charge is 0.493 e. The van der Waals surface area contributed by atoms with E-state index in [1.54, 1.807) is 38.4 Å². The van der Waals surface area contributed by atoms with Crippen LogP contribution in [0.25, 0.3) is 0 Å². The zero-order valence-corrected chi connectivity index (χ0v) is 15.5. The quantitative estimate of drug-likeness (QED) is 0.709. The Morgan fingerprint density at radius 1 is 1.04 bits per heavy atom. The highest BCUT2D eigenvalue weighted by atomic mass is 16.5. The van der Waals surface area contributed by atoms with Crippen LogP contribution in [0, 0.1) is 0 Å². The van der Waals surface area contributed by atoms with E-state index in [-0.39, 0.29) is 0 Å². The first-order valence-electron chi connectivity index (χ1n) is 8.39. The second-order valence-corrected chi connectivity index (χ2v) is 5.81. The zero-order valence-electron chi connectivity index (χ0n) is 15.5. The van der Waals surface area contributed by atoms with Gasteiger partial charge in [0.05, 0.1) is 27.5 Å². The van der Waals surface area contributed by atoms with Crippen LogP contribution in [-0.2, 0) is 4.79 Å². The van der Waals surface area contributed by atoms with Crippen LogP contribution in [0.2, 0.25) is 0 Å². The van der Waals surface area contributed by atoms with Crippen molar-refractivity contribution in [3.05, 3.63) is 18.3 Å². The third-order valence-electron chi connectivity index (χ3n) is 4.23. The van der Waals surface area contributed by atoms with E-state index in [0.717, 1.165) is 6.41 Å². The van der Waals surface area contributed by atoms with Crippen molar-refractivity contribution in [3.8, 4) is 17.2 Å². The van der Waals surface area contributed by atoms with E-state index in [4.69, 9.17) is 14.2 Å². The summed E-state index contributed by atoms with van der Waals surface area (Å²) in [6, 6.07) is 3.57. The van der Waals surface area contributed by atoms with Gasteiger partial charge in [0.25, 0.3) is 0 Å². The molecule has 1 aliphatic rings. The molecule has 0 aliphatic carbocycles. The van der Waals surface area contributed by atoms with E-state index >= 15 is 0 Å². The highest BCUT2D eigenvalue weighted by molar-refractivity contribution is 5.66. The van der Waals surface area contributed by atoms with E-state index in [1.807, 2.05) is 4.90 Å². The maximum absolute atomic E-state index is 10.8. The summed E-state index contributed by atoms with van der Waals surface area (Å²) in [6.45, 7) is 2.59. The average molecular weight is 374 g/mol. The number of amides is 1. The fourth-order valence-electron chi connectivity index (χ4n) is 2.82. The van der Waals surface area contributed by atoms with Crippen molar-refractivity contribution in [2.75, 3.05) is 57.7 Å². The molecular weight excluding hydrogens is 352 g/mol. The Labute approximate surface area is 157 Å². The second-order valence-electron chi connectivity index (χ2n) is 5.81. The maximum atomic E-state index is 10.8. The SMILES string of the molecule is COc1cc(Nc2cnnc(N3CCN(C=O)CC3)n2)cc(OC)c1OC. The topological polar surface area (TPSA) is 102 Å². The molecule has 1 amide bonds. The smallest absolute Gasteiger partial charge is 0.247 e. The fraction of sp³-hybridized carbons (Fsp3) is 0.412. The van der Waals surface area contributed by atoms with Gasteiger partial charge >= 0.3 is 0 Å². The third kappa shape index (κ3) is 4.10. The van der Waals surface area contributed by atoms with E-state index in [1.165, 1.54) is 6.20 Å². The lowest BCUT2D eigenvalue weighted by Gasteiger charge is -2.32. The molecule has 2 heterocycles. The monoisotopic (exact) mass is 374 g/mol. The summed E-state index contributed by atoms with van der Waals surface area (Å²) in [6.07, 6.45) is 2.40. The molecule has 1 saturated heterocycles. The van der Waals surface area contributed by atoms with Gasteiger partial charge in [-0.15, -0.1) is 5.10 Å². The van der Waals surface area contributed by atoms with Gasteiger partial charge in [-0.05, 0) is 0 Å². The highest BCUT2D eigenvalue weighted by Crippen LogP contribution is 2.40. The molecule has 1 N–H and O–H groups in total. The number of rotatable bonds is 7. The number of nitrogens with zero attached hydrogens (tertiary/aromatic N) is 5. The zero-order chi connectivity index (χ0) is 19.2. The second kappa shape index (κ2) is 8.39.